The molecule has 170 valence electrons. The Morgan fingerprint density at radius 2 is 1.73 bits per heavy atom. The second-order valence-electron chi connectivity index (χ2n) is 7.08. The first-order valence-corrected chi connectivity index (χ1v) is 9.62. The first-order valence-electron chi connectivity index (χ1n) is 9.62. The van der Waals surface area contributed by atoms with Crippen LogP contribution < -0.4 is 26.8 Å². The number of amides is 1. The number of likely N-dealkylation sites (N-methyl/N-ethyl adjacent to an activating group) is 1. The van der Waals surface area contributed by atoms with Gasteiger partial charge in [0.2, 0.25) is 5.91 Å². The fraction of sp³-hybridized carbons (Fsp3) is 0.524. The van der Waals surface area contributed by atoms with Crippen molar-refractivity contribution in [1.82, 2.24) is 26.5 Å². The van der Waals surface area contributed by atoms with Crippen LogP contribution in [0.2, 0.25) is 0 Å². The summed E-state index contributed by atoms with van der Waals surface area (Å²) < 4.78 is 0. The molecule has 1 aromatic rings. The molecule has 1 rings (SSSR count). The zero-order valence-electron chi connectivity index (χ0n) is 19.5. The van der Waals surface area contributed by atoms with Crippen molar-refractivity contribution in [3.05, 3.63) is 35.3 Å². The molecule has 0 radical (unpaired) electrons. The number of nitrogens with zero attached hydrogens (tertiary/aromatic N) is 1. The summed E-state index contributed by atoms with van der Waals surface area (Å²) in [5.74, 6) is 0.833. The molecule has 0 spiro atoms. The zero-order chi connectivity index (χ0) is 23.6. The van der Waals surface area contributed by atoms with E-state index in [9.17, 15) is 14.4 Å². The van der Waals surface area contributed by atoms with Crippen molar-refractivity contribution in [3.63, 3.8) is 0 Å². The molecule has 0 aliphatic heterocycles. The molecule has 0 bridgehead atoms. The molecule has 1 amide bonds. The van der Waals surface area contributed by atoms with Gasteiger partial charge in [0.15, 0.2) is 6.29 Å². The summed E-state index contributed by atoms with van der Waals surface area (Å²) in [5.41, 5.74) is 7.24. The molecule has 0 aliphatic carbocycles. The molecule has 30 heavy (non-hydrogen) atoms. The van der Waals surface area contributed by atoms with Gasteiger partial charge in [0.1, 0.15) is 12.1 Å². The molecule has 0 unspecified atom stereocenters. The van der Waals surface area contributed by atoms with Gasteiger partial charge in [0, 0.05) is 52.4 Å². The third kappa shape index (κ3) is 15.0. The lowest BCUT2D eigenvalue weighted by molar-refractivity contribution is -0.124. The van der Waals surface area contributed by atoms with E-state index in [1.165, 1.54) is 0 Å². The first kappa shape index (κ1) is 29.3. The highest BCUT2D eigenvalue weighted by molar-refractivity contribution is 5.76. The Labute approximate surface area is 180 Å². The van der Waals surface area contributed by atoms with Gasteiger partial charge < -0.3 is 20.7 Å². The maximum absolute atomic E-state index is 11.0. The molecule has 1 heterocycles. The van der Waals surface area contributed by atoms with Gasteiger partial charge in [0.05, 0.1) is 5.70 Å². The molecule has 0 fully saturated rings. The maximum atomic E-state index is 11.0. The number of allylic oxidation sites excluding steroid dienone is 2. The highest BCUT2D eigenvalue weighted by Gasteiger charge is 2.20. The molecule has 9 heteroatoms. The quantitative estimate of drug-likeness (QED) is 0.231. The maximum Gasteiger partial charge on any atom is 0.234 e. The highest BCUT2D eigenvalue weighted by Crippen LogP contribution is 2.22. The minimum Gasteiger partial charge on any atom is -0.390 e. The van der Waals surface area contributed by atoms with E-state index < -0.39 is 0 Å². The normalized spacial score (nSPS) is 10.7. The monoisotopic (exact) mass is 422 g/mol. The summed E-state index contributed by atoms with van der Waals surface area (Å²) in [6.07, 6.45) is 2.38. The van der Waals surface area contributed by atoms with E-state index in [0.29, 0.717) is 18.5 Å². The Balaban J connectivity index is 0. The molecule has 0 aromatic carbocycles. The number of anilines is 1. The number of nitrogens with one attached hydrogen (secondary N) is 5. The topological polar surface area (TPSA) is 124 Å². The largest absolute Gasteiger partial charge is 0.390 e. The Bertz CT molecular complexity index is 674. The molecule has 0 atom stereocenters. The average Bonchev–Trinajstić information content (AvgIpc) is 2.69. The van der Waals surface area contributed by atoms with Crippen LogP contribution in [0.4, 0.5) is 5.82 Å². The second kappa shape index (κ2) is 17.0. The van der Waals surface area contributed by atoms with E-state index in [1.54, 1.807) is 21.1 Å². The lowest BCUT2D eigenvalue weighted by Crippen LogP contribution is -2.36. The summed E-state index contributed by atoms with van der Waals surface area (Å²) >= 11 is 0. The Morgan fingerprint density at radius 3 is 2.07 bits per heavy atom. The third-order valence-corrected chi connectivity index (χ3v) is 3.85. The zero-order valence-corrected chi connectivity index (χ0v) is 19.5. The highest BCUT2D eigenvalue weighted by atomic mass is 16.2. The number of carbonyl (C=O) groups is 3. The van der Waals surface area contributed by atoms with Crippen LogP contribution in [-0.2, 0) is 14.4 Å². The van der Waals surface area contributed by atoms with Crippen LogP contribution in [0, 0.1) is 12.3 Å². The van der Waals surface area contributed by atoms with Gasteiger partial charge in [-0.15, -0.1) is 0 Å². The summed E-state index contributed by atoms with van der Waals surface area (Å²) in [4.78, 5) is 35.6. The summed E-state index contributed by atoms with van der Waals surface area (Å²) in [6.45, 7) is 7.58. The number of hydrazine groups is 1. The van der Waals surface area contributed by atoms with Gasteiger partial charge >= 0.3 is 0 Å². The number of rotatable bonds is 9. The van der Waals surface area contributed by atoms with Crippen LogP contribution in [0.3, 0.4) is 0 Å². The number of aldehydes is 2. The van der Waals surface area contributed by atoms with E-state index in [0.717, 1.165) is 29.8 Å². The predicted octanol–water partition coefficient (Wildman–Crippen LogP) is 1.53. The summed E-state index contributed by atoms with van der Waals surface area (Å²) in [6, 6.07) is 5.89. The van der Waals surface area contributed by atoms with Crippen molar-refractivity contribution < 1.29 is 14.4 Å². The van der Waals surface area contributed by atoms with Crippen LogP contribution >= 0.6 is 0 Å². The van der Waals surface area contributed by atoms with Gasteiger partial charge in [0.25, 0.3) is 0 Å². The van der Waals surface area contributed by atoms with Crippen LogP contribution in [-0.4, -0.2) is 51.7 Å². The first-order chi connectivity index (χ1) is 14.1. The van der Waals surface area contributed by atoms with Crippen molar-refractivity contribution in [2.75, 3.05) is 33.5 Å². The molecule has 1 aromatic heterocycles. The van der Waals surface area contributed by atoms with Gasteiger partial charge in [-0.2, -0.15) is 0 Å². The van der Waals surface area contributed by atoms with Gasteiger partial charge in [-0.1, -0.05) is 19.9 Å². The number of hydrogen-bond donors (Lipinski definition) is 5. The molecule has 0 aliphatic rings. The van der Waals surface area contributed by atoms with Crippen molar-refractivity contribution in [3.8, 4) is 0 Å². The van der Waals surface area contributed by atoms with Crippen LogP contribution in [0.1, 0.15) is 39.3 Å². The van der Waals surface area contributed by atoms with Crippen molar-refractivity contribution in [2.45, 2.75) is 40.5 Å². The Kier molecular flexibility index (Phi) is 16.5. The van der Waals surface area contributed by atoms with Crippen LogP contribution in [0.5, 0.6) is 0 Å². The van der Waals surface area contributed by atoms with Crippen molar-refractivity contribution >= 4 is 24.3 Å². The Morgan fingerprint density at radius 1 is 1.10 bits per heavy atom. The molecular weight excluding hydrogens is 384 g/mol. The fourth-order valence-corrected chi connectivity index (χ4v) is 2.07. The number of pyridine rings is 1. The number of carbonyl (C=O) groups excluding carboxylic acids is 3. The third-order valence-electron chi connectivity index (χ3n) is 3.85. The smallest absolute Gasteiger partial charge is 0.234 e. The van der Waals surface area contributed by atoms with Gasteiger partial charge in [-0.25, -0.2) is 10.4 Å². The van der Waals surface area contributed by atoms with Gasteiger partial charge in [-0.05, 0) is 31.4 Å². The number of hydrogen-bond acceptors (Lipinski definition) is 8. The van der Waals surface area contributed by atoms with Crippen molar-refractivity contribution in [2.24, 2.45) is 5.41 Å². The lowest BCUT2D eigenvalue weighted by Gasteiger charge is -2.20. The van der Waals surface area contributed by atoms with E-state index in [4.69, 9.17) is 0 Å². The van der Waals surface area contributed by atoms with Crippen LogP contribution in [0.15, 0.2) is 29.6 Å². The van der Waals surface area contributed by atoms with Gasteiger partial charge in [-0.3, -0.25) is 15.0 Å². The summed E-state index contributed by atoms with van der Waals surface area (Å²) in [7, 11) is 6.98. The van der Waals surface area contributed by atoms with Crippen LogP contribution in [0.25, 0.3) is 0 Å². The number of aryl methyl sites for hydroxylation is 1. The molecular formula is C21H38N6O3. The second-order valence-corrected chi connectivity index (χ2v) is 7.08. The minimum absolute atomic E-state index is 0.0932. The van der Waals surface area contributed by atoms with E-state index in [-0.39, 0.29) is 11.3 Å². The summed E-state index contributed by atoms with van der Waals surface area (Å²) in [5, 5.41) is 8.56. The Hall–Kier alpha value is -2.94. The van der Waals surface area contributed by atoms with E-state index in [1.807, 2.05) is 52.9 Å². The van der Waals surface area contributed by atoms with Crippen molar-refractivity contribution in [1.29, 1.82) is 0 Å². The lowest BCUT2D eigenvalue weighted by atomic mass is 9.86. The molecule has 0 saturated carbocycles. The fourth-order valence-electron chi connectivity index (χ4n) is 2.07. The van der Waals surface area contributed by atoms with E-state index >= 15 is 0 Å². The predicted molar refractivity (Wildman–Crippen MR) is 122 cm³/mol. The van der Waals surface area contributed by atoms with E-state index in [2.05, 4.69) is 31.8 Å². The molecule has 9 nitrogen and oxygen atoms in total. The molecule has 0 saturated heterocycles. The minimum atomic E-state index is -0.247. The standard InChI is InChI=1S/C8H16N2O2.C7H10N2.C6H12N2O/c1-8(2,4-5-11)6-7(12)10-9-3;1-6-4-3-5-7(8-2)9-6;1-5(7-2)6(4-9)8-3/h5,9H,4,6H2,1-3H3,(H,10,12);3-5H,1-2H3,(H,8,9);4,7-8H,1-3H3/b;;6-5+. The average molecular weight is 423 g/mol. The SMILES string of the molecule is CN/C(C)=C(\C=O)NC.CNNC(=O)CC(C)(C)CC=O.CNc1cccc(C)n1. The molecule has 5 N–H and O–H groups in total. The number of aromatic nitrogens is 1.